The first-order valence-corrected chi connectivity index (χ1v) is 36.0. The molecule has 0 aliphatic carbocycles. The molecular weight excluding hydrogens is 1390 g/mol. The first kappa shape index (κ1) is 83.3. The van der Waals surface area contributed by atoms with Crippen molar-refractivity contribution in [2.75, 3.05) is 156 Å². The molecule has 32 heteroatoms. The highest BCUT2D eigenvalue weighted by Crippen LogP contribution is 2.43. The zero-order valence-corrected chi connectivity index (χ0v) is 61.9. The molecule has 8 rings (SSSR count). The van der Waals surface area contributed by atoms with Crippen LogP contribution >= 0.6 is 0 Å². The molecule has 3 aromatic carbocycles. The van der Waals surface area contributed by atoms with E-state index < -0.39 is 65.9 Å². The number of aliphatic imine (C=N–C) groups is 1. The lowest BCUT2D eigenvalue weighted by molar-refractivity contribution is -0.137. The Morgan fingerprint density at radius 2 is 1.09 bits per heavy atom. The number of fused-ring (bicyclic) bond motifs is 4. The van der Waals surface area contributed by atoms with Gasteiger partial charge in [-0.15, -0.1) is 0 Å². The van der Waals surface area contributed by atoms with Crippen molar-refractivity contribution in [3.05, 3.63) is 101 Å². The van der Waals surface area contributed by atoms with Crippen LogP contribution in [0.1, 0.15) is 106 Å². The summed E-state index contributed by atoms with van der Waals surface area (Å²) in [6.07, 6.45) is 8.15. The lowest BCUT2D eigenvalue weighted by atomic mass is 10.0. The fourth-order valence-corrected chi connectivity index (χ4v) is 11.7. The number of carbonyl (C=O) groups is 9. The van der Waals surface area contributed by atoms with E-state index >= 15 is 0 Å². The number of hydrogen-bond donors (Lipinski definition) is 5. The maximum Gasteiger partial charge on any atom is 0.416 e. The minimum atomic E-state index is -1.53. The summed E-state index contributed by atoms with van der Waals surface area (Å²) in [4.78, 5) is 126. The van der Waals surface area contributed by atoms with Crippen molar-refractivity contribution in [3.63, 3.8) is 0 Å². The third kappa shape index (κ3) is 25.4. The molecular formula is C75H101N9O23. The van der Waals surface area contributed by atoms with Gasteiger partial charge in [-0.1, -0.05) is 37.1 Å². The summed E-state index contributed by atoms with van der Waals surface area (Å²) in [5, 5.41) is 22.8. The number of amides is 9. The Balaban J connectivity index is 0.649. The molecule has 0 fully saturated rings. The molecule has 2 unspecified atom stereocenters. The number of aliphatic hydroxyl groups is 1. The largest absolute Gasteiger partial charge is 0.493 e. The third-order valence-corrected chi connectivity index (χ3v) is 17.5. The highest BCUT2D eigenvalue weighted by molar-refractivity contribution is 6.13. The number of rotatable bonds is 48. The van der Waals surface area contributed by atoms with Gasteiger partial charge in [-0.2, -0.15) is 0 Å². The zero-order valence-electron chi connectivity index (χ0n) is 61.9. The zero-order chi connectivity index (χ0) is 76.6. The number of unbranched alkanes of at least 4 members (excludes halogenated alkanes) is 2. The Bertz CT molecular complexity index is 3620. The van der Waals surface area contributed by atoms with Crippen LogP contribution in [0, 0.1) is 5.92 Å². The summed E-state index contributed by atoms with van der Waals surface area (Å²) in [6.45, 7) is 15.0. The maximum absolute atomic E-state index is 14.3. The quantitative estimate of drug-likeness (QED) is 0.0354. The van der Waals surface area contributed by atoms with Crippen molar-refractivity contribution in [1.82, 2.24) is 30.7 Å². The molecule has 584 valence electrons. The van der Waals surface area contributed by atoms with E-state index in [4.69, 9.17) is 61.6 Å². The van der Waals surface area contributed by atoms with Gasteiger partial charge in [0.2, 0.25) is 23.6 Å². The van der Waals surface area contributed by atoms with E-state index in [2.05, 4.69) is 26.3 Å². The van der Waals surface area contributed by atoms with Crippen molar-refractivity contribution in [3.8, 4) is 23.0 Å². The average molecular weight is 1500 g/mol. The van der Waals surface area contributed by atoms with Gasteiger partial charge in [0.05, 0.1) is 168 Å². The molecule has 5 aliphatic rings. The maximum atomic E-state index is 14.3. The predicted molar refractivity (Wildman–Crippen MR) is 388 cm³/mol. The number of benzene rings is 3. The minimum absolute atomic E-state index is 0.0148. The topological polar surface area (TPSA) is 367 Å². The van der Waals surface area contributed by atoms with Crippen molar-refractivity contribution >= 4 is 76.6 Å². The van der Waals surface area contributed by atoms with E-state index in [9.17, 15) is 48.3 Å². The van der Waals surface area contributed by atoms with Gasteiger partial charge < -0.3 is 97.8 Å². The lowest BCUT2D eigenvalue weighted by Crippen LogP contribution is -2.53. The first-order chi connectivity index (χ1) is 51.7. The Morgan fingerprint density at radius 1 is 0.570 bits per heavy atom. The molecule has 5 heterocycles. The van der Waals surface area contributed by atoms with E-state index in [0.717, 1.165) is 27.4 Å². The normalized spacial score (nSPS) is 17.0. The van der Waals surface area contributed by atoms with Crippen molar-refractivity contribution < 1.29 is 110 Å². The van der Waals surface area contributed by atoms with Crippen molar-refractivity contribution in [2.24, 2.45) is 10.9 Å². The van der Waals surface area contributed by atoms with Crippen LogP contribution in [-0.2, 0) is 78.0 Å². The molecule has 5 aliphatic heterocycles. The first-order valence-electron chi connectivity index (χ1n) is 36.0. The van der Waals surface area contributed by atoms with Gasteiger partial charge in [0, 0.05) is 74.5 Å². The van der Waals surface area contributed by atoms with Crippen LogP contribution in [0.25, 0.3) is 0 Å². The Kier molecular flexibility index (Phi) is 33.8. The highest BCUT2D eigenvalue weighted by atomic mass is 16.6. The molecule has 3 aromatic rings. The van der Waals surface area contributed by atoms with Gasteiger partial charge >= 0.3 is 6.09 Å². The van der Waals surface area contributed by atoms with Crippen LogP contribution in [0.15, 0.2) is 89.2 Å². The monoisotopic (exact) mass is 1500 g/mol. The molecule has 9 amide bonds. The van der Waals surface area contributed by atoms with Crippen LogP contribution in [0.3, 0.4) is 0 Å². The van der Waals surface area contributed by atoms with Gasteiger partial charge in [0.25, 0.3) is 23.6 Å². The smallest absolute Gasteiger partial charge is 0.416 e. The molecule has 5 atom stereocenters. The van der Waals surface area contributed by atoms with Crippen LogP contribution < -0.4 is 45.1 Å². The number of nitrogens with zero attached hydrogens (tertiary/aromatic N) is 5. The van der Waals surface area contributed by atoms with Gasteiger partial charge in [-0.05, 0) is 88.6 Å². The number of methoxy groups -OCH3 is 2. The number of carbonyl (C=O) groups excluding carboxylic acids is 9. The average Bonchev–Trinajstić information content (AvgIpc) is 1.63. The molecule has 0 saturated carbocycles. The van der Waals surface area contributed by atoms with E-state index in [1.807, 2.05) is 20.0 Å². The molecule has 0 bridgehead atoms. The van der Waals surface area contributed by atoms with Gasteiger partial charge in [-0.3, -0.25) is 48.2 Å². The highest BCUT2D eigenvalue weighted by Gasteiger charge is 2.45. The van der Waals surface area contributed by atoms with Crippen LogP contribution in [0.5, 0.6) is 23.0 Å². The number of hydrogen-bond acceptors (Lipinski definition) is 24. The molecule has 0 radical (unpaired) electrons. The molecule has 0 aromatic heterocycles. The molecule has 0 saturated heterocycles. The van der Waals surface area contributed by atoms with E-state index in [0.29, 0.717) is 159 Å². The second kappa shape index (κ2) is 43.4. The lowest BCUT2D eigenvalue weighted by Gasteiger charge is -2.31. The number of ether oxygens (including phenoxy) is 13. The van der Waals surface area contributed by atoms with E-state index in [-0.39, 0.29) is 98.9 Å². The van der Waals surface area contributed by atoms with Crippen LogP contribution in [-0.4, -0.2) is 256 Å². The number of anilines is 2. The minimum Gasteiger partial charge on any atom is -0.493 e. The fourth-order valence-electron chi connectivity index (χ4n) is 11.7. The molecule has 107 heavy (non-hydrogen) atoms. The summed E-state index contributed by atoms with van der Waals surface area (Å²) < 4.78 is 73.6. The van der Waals surface area contributed by atoms with E-state index in [1.165, 1.54) is 50.3 Å². The van der Waals surface area contributed by atoms with Crippen LogP contribution in [0.2, 0.25) is 0 Å². The van der Waals surface area contributed by atoms with Gasteiger partial charge in [-0.25, -0.2) is 9.69 Å². The standard InChI is InChI=1S/C75H101N9O23/c1-49(2)69(80-66(86)18-23-97-25-27-99-29-31-101-33-35-103-37-38-104-36-34-102-32-30-100-28-26-98-24-19-76-65(85)17-20-81-67(87)15-16-68(81)88)71(90)78-52(5)70(89)79-54-13-11-53(12-14-54)48-107-75(94)84-59-44-64(62(96-7)42-57(59)73(92)83-47-51(4)40-60(83)74(84)93)106-22-10-8-9-21-105-63-43-58-56(41-61(63)95-6)72(91)82-46-50(3)39-55(82)45-77-58/h11-16,41-47,49,52,55,60,69,74,93H,8-10,17-40,48H2,1-7H3,(H,76,85)(H,78,90)(H,79,89)(H,80,86)/t52-,55-,60?,69-,74?/m0/s1. The Morgan fingerprint density at radius 3 is 1.66 bits per heavy atom. The fraction of sp³-hybridized carbons (Fsp3) is 0.547. The van der Waals surface area contributed by atoms with Gasteiger partial charge in [0.1, 0.15) is 18.7 Å². The number of nitrogens with one attached hydrogen (secondary N) is 4. The Labute approximate surface area is 622 Å². The second-order valence-corrected chi connectivity index (χ2v) is 25.9. The third-order valence-electron chi connectivity index (χ3n) is 17.5. The summed E-state index contributed by atoms with van der Waals surface area (Å²) in [6, 6.07) is 9.93. The molecule has 0 spiro atoms. The summed E-state index contributed by atoms with van der Waals surface area (Å²) in [7, 11) is 2.96. The molecule has 5 N–H and O–H groups in total. The number of aliphatic hydroxyl groups excluding tert-OH is 1. The SMILES string of the molecule is COc1cc2c(cc1OCCCCCOc1cc3c(cc1OC)C(=O)N1C=C(C)CC1C(O)N3C(=O)OCc1ccc(NC(=O)[C@H](C)NC(=O)[C@@H](NC(=O)CCOCCOCCOCCOCCOCCOCCOCCOCCNC(=O)CCN3C(=O)C=CC3=O)C(C)C)cc1)N=C[C@@H]1CC(C)=CN1C2=O. The van der Waals surface area contributed by atoms with Crippen LogP contribution in [0.4, 0.5) is 21.9 Å². The van der Waals surface area contributed by atoms with Gasteiger partial charge in [0.15, 0.2) is 29.2 Å². The summed E-state index contributed by atoms with van der Waals surface area (Å²) in [5.74, 6) is -2.18. The van der Waals surface area contributed by atoms with Crippen molar-refractivity contribution in [2.45, 2.75) is 117 Å². The Hall–Kier alpha value is -9.38. The summed E-state index contributed by atoms with van der Waals surface area (Å²) >= 11 is 0. The number of imide groups is 1. The summed E-state index contributed by atoms with van der Waals surface area (Å²) in [5.41, 5.74) is 3.91. The second-order valence-electron chi connectivity index (χ2n) is 25.9. The van der Waals surface area contributed by atoms with Crippen molar-refractivity contribution in [1.29, 1.82) is 0 Å². The van der Waals surface area contributed by atoms with E-state index in [1.54, 1.807) is 67.6 Å². The molecule has 32 nitrogen and oxygen atoms in total. The predicted octanol–water partition coefficient (Wildman–Crippen LogP) is 5.30.